The summed E-state index contributed by atoms with van der Waals surface area (Å²) in [6, 6.07) is 15.1. The zero-order valence-corrected chi connectivity index (χ0v) is 13.8. The molecule has 0 bridgehead atoms. The molecule has 0 aliphatic carbocycles. The number of furan rings is 1. The molecular weight excluding hydrogens is 324 g/mol. The topological polar surface area (TPSA) is 63.5 Å². The van der Waals surface area contributed by atoms with Gasteiger partial charge in [0.1, 0.15) is 18.1 Å². The van der Waals surface area contributed by atoms with Crippen LogP contribution in [-0.4, -0.2) is 19.2 Å². The van der Waals surface area contributed by atoms with E-state index in [4.69, 9.17) is 9.15 Å². The third-order valence-electron chi connectivity index (χ3n) is 3.28. The Hall–Kier alpha value is -2.73. The molecule has 3 rings (SSSR count). The van der Waals surface area contributed by atoms with Gasteiger partial charge in [0.2, 0.25) is 0 Å². The molecule has 0 atom stereocenters. The summed E-state index contributed by atoms with van der Waals surface area (Å²) in [6.07, 6.45) is 1.65. The molecule has 5 nitrogen and oxygen atoms in total. The molecule has 0 saturated heterocycles. The molecule has 6 heteroatoms. The number of ether oxygens (including phenoxy) is 1. The van der Waals surface area contributed by atoms with Crippen LogP contribution in [0.2, 0.25) is 0 Å². The maximum atomic E-state index is 11.8. The first-order valence-corrected chi connectivity index (χ1v) is 8.50. The average molecular weight is 342 g/mol. The Morgan fingerprint density at radius 3 is 2.79 bits per heavy atom. The smallest absolute Gasteiger partial charge is 0.315 e. The number of hydrogen-bond acceptors (Lipinski definition) is 4. The van der Waals surface area contributed by atoms with Crippen LogP contribution in [0.4, 0.5) is 4.79 Å². The van der Waals surface area contributed by atoms with Gasteiger partial charge < -0.3 is 19.8 Å². The number of carbonyl (C=O) groups excluding carboxylic acids is 1. The highest BCUT2D eigenvalue weighted by Crippen LogP contribution is 2.25. The van der Waals surface area contributed by atoms with Crippen molar-refractivity contribution in [1.82, 2.24) is 10.6 Å². The van der Waals surface area contributed by atoms with Gasteiger partial charge in [-0.2, -0.15) is 0 Å². The summed E-state index contributed by atoms with van der Waals surface area (Å²) in [7, 11) is 0. The van der Waals surface area contributed by atoms with E-state index in [1.54, 1.807) is 17.6 Å². The number of rotatable bonds is 7. The van der Waals surface area contributed by atoms with Crippen LogP contribution in [0.1, 0.15) is 4.88 Å². The van der Waals surface area contributed by atoms with Gasteiger partial charge >= 0.3 is 6.03 Å². The normalized spacial score (nSPS) is 10.3. The summed E-state index contributed by atoms with van der Waals surface area (Å²) in [5.74, 6) is 1.63. The van der Waals surface area contributed by atoms with Crippen molar-refractivity contribution in [2.45, 2.75) is 6.54 Å². The van der Waals surface area contributed by atoms with Gasteiger partial charge in [-0.1, -0.05) is 18.2 Å². The second-order valence-corrected chi connectivity index (χ2v) is 6.05. The van der Waals surface area contributed by atoms with E-state index in [1.165, 1.54) is 0 Å². The quantitative estimate of drug-likeness (QED) is 0.640. The number of thiophene rings is 1. The fourth-order valence-electron chi connectivity index (χ4n) is 2.13. The molecular formula is C18H18N2O3S. The Morgan fingerprint density at radius 1 is 1.12 bits per heavy atom. The van der Waals surface area contributed by atoms with Crippen molar-refractivity contribution >= 4 is 17.4 Å². The van der Waals surface area contributed by atoms with E-state index in [9.17, 15) is 4.79 Å². The highest BCUT2D eigenvalue weighted by atomic mass is 32.1. The average Bonchev–Trinajstić information content (AvgIpc) is 3.29. The van der Waals surface area contributed by atoms with Crippen LogP contribution in [0.25, 0.3) is 11.3 Å². The van der Waals surface area contributed by atoms with Gasteiger partial charge in [0.05, 0.1) is 19.4 Å². The predicted molar refractivity (Wildman–Crippen MR) is 94.2 cm³/mol. The SMILES string of the molecule is O=C(NCCOc1ccccc1)NCc1cc(-c2ccco2)cs1. The molecule has 2 heterocycles. The lowest BCUT2D eigenvalue weighted by atomic mass is 10.2. The van der Waals surface area contributed by atoms with Crippen LogP contribution in [0.15, 0.2) is 64.6 Å². The number of urea groups is 1. The standard InChI is InChI=1S/C18H18N2O3S/c21-18(19-8-10-22-15-5-2-1-3-6-15)20-12-16-11-14(13-24-16)17-7-4-9-23-17/h1-7,9,11,13H,8,10,12H2,(H2,19,20,21). The Kier molecular flexibility index (Phi) is 5.52. The first-order valence-electron chi connectivity index (χ1n) is 7.62. The van der Waals surface area contributed by atoms with Crippen LogP contribution in [0, 0.1) is 0 Å². The van der Waals surface area contributed by atoms with Crippen molar-refractivity contribution in [3.63, 3.8) is 0 Å². The maximum Gasteiger partial charge on any atom is 0.315 e. The molecule has 3 aromatic rings. The summed E-state index contributed by atoms with van der Waals surface area (Å²) in [5.41, 5.74) is 1.03. The molecule has 0 saturated carbocycles. The minimum atomic E-state index is -0.209. The van der Waals surface area contributed by atoms with Gasteiger partial charge in [0, 0.05) is 15.8 Å². The number of nitrogens with one attached hydrogen (secondary N) is 2. The lowest BCUT2D eigenvalue weighted by molar-refractivity contribution is 0.236. The van der Waals surface area contributed by atoms with Gasteiger partial charge in [-0.05, 0) is 30.3 Å². The molecule has 124 valence electrons. The Labute approximate surface area is 144 Å². The van der Waals surface area contributed by atoms with Gasteiger partial charge in [-0.15, -0.1) is 11.3 Å². The molecule has 0 fully saturated rings. The molecule has 2 aromatic heterocycles. The minimum Gasteiger partial charge on any atom is -0.492 e. The van der Waals surface area contributed by atoms with E-state index in [1.807, 2.05) is 53.9 Å². The van der Waals surface area contributed by atoms with E-state index in [0.29, 0.717) is 19.7 Å². The van der Waals surface area contributed by atoms with Crippen molar-refractivity contribution < 1.29 is 13.9 Å². The van der Waals surface area contributed by atoms with Crippen molar-refractivity contribution in [1.29, 1.82) is 0 Å². The molecule has 0 radical (unpaired) electrons. The highest BCUT2D eigenvalue weighted by Gasteiger charge is 2.06. The van der Waals surface area contributed by atoms with E-state index in [0.717, 1.165) is 22.0 Å². The molecule has 0 aliphatic rings. The molecule has 2 N–H and O–H groups in total. The second kappa shape index (κ2) is 8.21. The number of para-hydroxylation sites is 1. The zero-order valence-electron chi connectivity index (χ0n) is 13.0. The monoisotopic (exact) mass is 342 g/mol. The third kappa shape index (κ3) is 4.63. The molecule has 0 spiro atoms. The van der Waals surface area contributed by atoms with Crippen molar-refractivity contribution in [3.05, 3.63) is 65.1 Å². The van der Waals surface area contributed by atoms with Crippen molar-refractivity contribution in [2.75, 3.05) is 13.2 Å². The first-order chi connectivity index (χ1) is 11.8. The predicted octanol–water partition coefficient (Wildman–Crippen LogP) is 3.89. The van der Waals surface area contributed by atoms with Crippen molar-refractivity contribution in [2.24, 2.45) is 0 Å². The number of carbonyl (C=O) groups is 1. The van der Waals surface area contributed by atoms with Crippen LogP contribution in [0.3, 0.4) is 0 Å². The third-order valence-corrected chi connectivity index (χ3v) is 4.22. The van der Waals surface area contributed by atoms with E-state index in [-0.39, 0.29) is 6.03 Å². The molecule has 0 aliphatic heterocycles. The van der Waals surface area contributed by atoms with E-state index < -0.39 is 0 Å². The second-order valence-electron chi connectivity index (χ2n) is 5.05. The fourth-order valence-corrected chi connectivity index (χ4v) is 2.94. The van der Waals surface area contributed by atoms with Crippen LogP contribution < -0.4 is 15.4 Å². The summed E-state index contributed by atoms with van der Waals surface area (Å²) in [5, 5.41) is 7.61. The molecule has 24 heavy (non-hydrogen) atoms. The van der Waals surface area contributed by atoms with Gasteiger partial charge in [0.15, 0.2) is 0 Å². The summed E-state index contributed by atoms with van der Waals surface area (Å²) in [6.45, 7) is 1.36. The summed E-state index contributed by atoms with van der Waals surface area (Å²) >= 11 is 1.59. The highest BCUT2D eigenvalue weighted by molar-refractivity contribution is 7.10. The fraction of sp³-hybridized carbons (Fsp3) is 0.167. The summed E-state index contributed by atoms with van der Waals surface area (Å²) < 4.78 is 10.9. The van der Waals surface area contributed by atoms with Crippen LogP contribution in [-0.2, 0) is 6.54 Å². The van der Waals surface area contributed by atoms with Gasteiger partial charge in [0.25, 0.3) is 0 Å². The van der Waals surface area contributed by atoms with E-state index >= 15 is 0 Å². The Bertz CT molecular complexity index is 754. The number of hydrogen-bond donors (Lipinski definition) is 2. The van der Waals surface area contributed by atoms with Crippen LogP contribution in [0.5, 0.6) is 5.75 Å². The lowest BCUT2D eigenvalue weighted by Crippen LogP contribution is -2.37. The molecule has 2 amide bonds. The lowest BCUT2D eigenvalue weighted by Gasteiger charge is -2.08. The summed E-state index contributed by atoms with van der Waals surface area (Å²) in [4.78, 5) is 12.8. The largest absolute Gasteiger partial charge is 0.492 e. The number of benzene rings is 1. The zero-order chi connectivity index (χ0) is 16.6. The van der Waals surface area contributed by atoms with Crippen molar-refractivity contribution in [3.8, 4) is 17.1 Å². The maximum absolute atomic E-state index is 11.8. The molecule has 1 aromatic carbocycles. The first kappa shape index (κ1) is 16.1. The minimum absolute atomic E-state index is 0.209. The number of amides is 2. The molecule has 0 unspecified atom stereocenters. The Morgan fingerprint density at radius 2 is 2.00 bits per heavy atom. The van der Waals surface area contributed by atoms with Gasteiger partial charge in [-0.25, -0.2) is 4.79 Å². The Balaban J connectivity index is 1.35. The van der Waals surface area contributed by atoms with E-state index in [2.05, 4.69) is 10.6 Å². The van der Waals surface area contributed by atoms with Crippen LogP contribution >= 0.6 is 11.3 Å². The van der Waals surface area contributed by atoms with Gasteiger partial charge in [-0.3, -0.25) is 0 Å².